The Labute approximate surface area is 274 Å². The Balaban J connectivity index is 1.79. The van der Waals surface area contributed by atoms with Crippen LogP contribution in [0.4, 0.5) is 10.1 Å². The van der Waals surface area contributed by atoms with Crippen LogP contribution in [-0.4, -0.2) is 57.1 Å². The molecule has 1 N–H and O–H groups in total. The van der Waals surface area contributed by atoms with Crippen LogP contribution in [0.3, 0.4) is 0 Å². The molecule has 1 atom stereocenters. The fraction of sp³-hybridized carbons (Fsp3) is 0.257. The summed E-state index contributed by atoms with van der Waals surface area (Å²) in [6.07, 6.45) is 2.08. The van der Waals surface area contributed by atoms with Crippen molar-refractivity contribution in [3.63, 3.8) is 0 Å². The van der Waals surface area contributed by atoms with Gasteiger partial charge in [-0.3, -0.25) is 13.9 Å². The highest BCUT2D eigenvalue weighted by Gasteiger charge is 2.34. The molecule has 11 heteroatoms. The maximum absolute atomic E-state index is 14.4. The number of hydrogen-bond acceptors (Lipinski definition) is 6. The minimum absolute atomic E-state index is 0.0154. The van der Waals surface area contributed by atoms with Crippen molar-refractivity contribution in [1.82, 2.24) is 10.2 Å². The highest BCUT2D eigenvalue weighted by molar-refractivity contribution is 7.98. The number of nitrogens with zero attached hydrogens (tertiary/aromatic N) is 2. The quantitative estimate of drug-likeness (QED) is 0.159. The first-order valence-electron chi connectivity index (χ1n) is 14.9. The van der Waals surface area contributed by atoms with Crippen molar-refractivity contribution in [3.05, 3.63) is 120 Å². The number of carbonyl (C=O) groups is 2. The van der Waals surface area contributed by atoms with Crippen LogP contribution in [-0.2, 0) is 32.6 Å². The van der Waals surface area contributed by atoms with Gasteiger partial charge >= 0.3 is 0 Å². The topological polar surface area (TPSA) is 96.0 Å². The molecule has 0 spiro atoms. The van der Waals surface area contributed by atoms with E-state index in [4.69, 9.17) is 4.74 Å². The first kappa shape index (κ1) is 34.5. The van der Waals surface area contributed by atoms with Gasteiger partial charge in [-0.1, -0.05) is 42.5 Å². The molecule has 0 aliphatic heterocycles. The first-order chi connectivity index (χ1) is 22.2. The van der Waals surface area contributed by atoms with Gasteiger partial charge in [0.1, 0.15) is 24.2 Å². The predicted octanol–water partition coefficient (Wildman–Crippen LogP) is 5.92. The van der Waals surface area contributed by atoms with Gasteiger partial charge in [0.2, 0.25) is 11.8 Å². The van der Waals surface area contributed by atoms with E-state index in [9.17, 15) is 22.4 Å². The van der Waals surface area contributed by atoms with Gasteiger partial charge in [-0.2, -0.15) is 0 Å². The zero-order valence-electron chi connectivity index (χ0n) is 26.1. The molecule has 46 heavy (non-hydrogen) atoms. The van der Waals surface area contributed by atoms with Crippen molar-refractivity contribution in [2.45, 2.75) is 42.6 Å². The number of rotatable bonds is 15. The van der Waals surface area contributed by atoms with Crippen LogP contribution in [0, 0.1) is 5.82 Å². The monoisotopic (exact) mass is 663 g/mol. The zero-order valence-corrected chi connectivity index (χ0v) is 27.7. The smallest absolute Gasteiger partial charge is 0.264 e. The number of halogens is 1. The minimum Gasteiger partial charge on any atom is -0.494 e. The molecule has 0 bridgehead atoms. The van der Waals surface area contributed by atoms with E-state index in [-0.39, 0.29) is 29.5 Å². The molecule has 4 rings (SSSR count). The second-order valence-electron chi connectivity index (χ2n) is 10.4. The number of carbonyl (C=O) groups excluding carboxylic acids is 2. The largest absolute Gasteiger partial charge is 0.494 e. The van der Waals surface area contributed by atoms with Gasteiger partial charge in [0, 0.05) is 24.4 Å². The molecule has 2 amide bonds. The molecule has 0 heterocycles. The van der Waals surface area contributed by atoms with Gasteiger partial charge in [0.15, 0.2) is 0 Å². The number of sulfonamides is 1. The van der Waals surface area contributed by atoms with E-state index in [0.29, 0.717) is 24.5 Å². The molecule has 0 aliphatic rings. The van der Waals surface area contributed by atoms with Crippen LogP contribution in [0.5, 0.6) is 5.75 Å². The van der Waals surface area contributed by atoms with E-state index in [2.05, 4.69) is 5.32 Å². The fourth-order valence-electron chi connectivity index (χ4n) is 4.91. The van der Waals surface area contributed by atoms with Gasteiger partial charge in [-0.15, -0.1) is 11.8 Å². The molecule has 0 unspecified atom stereocenters. The summed E-state index contributed by atoms with van der Waals surface area (Å²) in [5, 5.41) is 2.83. The number of amides is 2. The molecule has 4 aromatic rings. The average molecular weight is 664 g/mol. The van der Waals surface area contributed by atoms with Crippen LogP contribution < -0.4 is 14.4 Å². The molecule has 0 aliphatic carbocycles. The highest BCUT2D eigenvalue weighted by Crippen LogP contribution is 2.28. The van der Waals surface area contributed by atoms with Gasteiger partial charge in [0.25, 0.3) is 10.0 Å². The van der Waals surface area contributed by atoms with Crippen molar-refractivity contribution < 1.29 is 27.1 Å². The second-order valence-corrected chi connectivity index (χ2v) is 13.1. The molecule has 4 aromatic carbocycles. The van der Waals surface area contributed by atoms with Crippen LogP contribution in [0.2, 0.25) is 0 Å². The third-order valence-electron chi connectivity index (χ3n) is 7.25. The zero-order chi connectivity index (χ0) is 33.1. The molecule has 0 aromatic heterocycles. The lowest BCUT2D eigenvalue weighted by Gasteiger charge is -2.34. The molecule has 0 saturated carbocycles. The summed E-state index contributed by atoms with van der Waals surface area (Å²) in [6.45, 7) is 3.76. The molecule has 0 fully saturated rings. The average Bonchev–Trinajstić information content (AvgIpc) is 3.07. The number of thioether (sulfide) groups is 1. The number of nitrogens with one attached hydrogen (secondary N) is 1. The SMILES string of the molecule is CCNC(=O)[C@@H](Cc1ccccc1)N(Cc1ccc(F)cc1)C(=O)CN(c1ccc(OCC)cc1)S(=O)(=O)c1ccc(SC)cc1. The number of likely N-dealkylation sites (N-methyl/N-ethyl adjacent to an activating group) is 1. The van der Waals surface area contributed by atoms with Gasteiger partial charge in [-0.05, 0) is 91.9 Å². The standard InChI is InChI=1S/C35H38FN3O5S2/c1-4-37-35(41)33(23-26-9-7-6-8-10-26)38(24-27-11-13-28(36)14-12-27)34(40)25-39(29-15-17-30(18-16-29)44-5-2)46(42,43)32-21-19-31(45-3)20-22-32/h6-22,33H,4-5,23-25H2,1-3H3,(H,37,41)/t33-/m1/s1. The third-order valence-corrected chi connectivity index (χ3v) is 9.78. The van der Waals surface area contributed by atoms with E-state index in [0.717, 1.165) is 14.8 Å². The summed E-state index contributed by atoms with van der Waals surface area (Å²) in [5.74, 6) is -0.873. The summed E-state index contributed by atoms with van der Waals surface area (Å²) in [5.41, 5.74) is 1.66. The minimum atomic E-state index is -4.24. The van der Waals surface area contributed by atoms with Crippen molar-refractivity contribution in [2.24, 2.45) is 0 Å². The van der Waals surface area contributed by atoms with Crippen molar-refractivity contribution in [2.75, 3.05) is 30.3 Å². The lowest BCUT2D eigenvalue weighted by Crippen LogP contribution is -2.53. The maximum atomic E-state index is 14.4. The molecule has 242 valence electrons. The van der Waals surface area contributed by atoms with Crippen molar-refractivity contribution in [1.29, 1.82) is 0 Å². The van der Waals surface area contributed by atoms with E-state index in [1.165, 1.54) is 40.9 Å². The first-order valence-corrected chi connectivity index (χ1v) is 17.6. The Bertz CT molecular complexity index is 1690. The van der Waals surface area contributed by atoms with Crippen molar-refractivity contribution >= 4 is 39.3 Å². The number of benzene rings is 4. The second kappa shape index (κ2) is 16.3. The number of anilines is 1. The number of hydrogen-bond donors (Lipinski definition) is 1. The molecule has 0 saturated heterocycles. The maximum Gasteiger partial charge on any atom is 0.264 e. The Morgan fingerprint density at radius 1 is 0.870 bits per heavy atom. The fourth-order valence-corrected chi connectivity index (χ4v) is 6.73. The summed E-state index contributed by atoms with van der Waals surface area (Å²) in [7, 11) is -4.24. The number of ether oxygens (including phenoxy) is 1. The van der Waals surface area contributed by atoms with Gasteiger partial charge in [-0.25, -0.2) is 12.8 Å². The van der Waals surface area contributed by atoms with Crippen LogP contribution in [0.25, 0.3) is 0 Å². The lowest BCUT2D eigenvalue weighted by molar-refractivity contribution is -0.140. The Morgan fingerprint density at radius 2 is 1.52 bits per heavy atom. The summed E-state index contributed by atoms with van der Waals surface area (Å²) in [4.78, 5) is 30.3. The Hall–Kier alpha value is -4.35. The van der Waals surface area contributed by atoms with E-state index in [1.54, 1.807) is 55.5 Å². The predicted molar refractivity (Wildman–Crippen MR) is 180 cm³/mol. The molecule has 8 nitrogen and oxygen atoms in total. The molecular weight excluding hydrogens is 626 g/mol. The Kier molecular flexibility index (Phi) is 12.2. The van der Waals surface area contributed by atoms with E-state index in [1.807, 2.05) is 43.5 Å². The third kappa shape index (κ3) is 8.88. The Morgan fingerprint density at radius 3 is 2.11 bits per heavy atom. The van der Waals surface area contributed by atoms with E-state index < -0.39 is 34.3 Å². The summed E-state index contributed by atoms with van der Waals surface area (Å²) < 4.78 is 48.8. The summed E-state index contributed by atoms with van der Waals surface area (Å²) >= 11 is 1.48. The van der Waals surface area contributed by atoms with Gasteiger partial charge in [0.05, 0.1) is 17.2 Å². The summed E-state index contributed by atoms with van der Waals surface area (Å²) in [6, 6.07) is 26.8. The van der Waals surface area contributed by atoms with Crippen LogP contribution >= 0.6 is 11.8 Å². The normalized spacial score (nSPS) is 11.8. The lowest BCUT2D eigenvalue weighted by atomic mass is 10.0. The van der Waals surface area contributed by atoms with Crippen LogP contribution in [0.1, 0.15) is 25.0 Å². The molecule has 0 radical (unpaired) electrons. The highest BCUT2D eigenvalue weighted by atomic mass is 32.2. The van der Waals surface area contributed by atoms with E-state index >= 15 is 0 Å². The van der Waals surface area contributed by atoms with Crippen molar-refractivity contribution in [3.8, 4) is 5.75 Å². The molecular formula is C35H38FN3O5S2. The van der Waals surface area contributed by atoms with Crippen LogP contribution in [0.15, 0.2) is 113 Å². The van der Waals surface area contributed by atoms with Gasteiger partial charge < -0.3 is 15.0 Å².